The summed E-state index contributed by atoms with van der Waals surface area (Å²) in [4.78, 5) is 44.6. The van der Waals surface area contributed by atoms with Crippen LogP contribution in [0.2, 0.25) is 0 Å². The average molecular weight is 502 g/mol. The van der Waals surface area contributed by atoms with E-state index in [-0.39, 0.29) is 18.0 Å². The fourth-order valence-electron chi connectivity index (χ4n) is 3.97. The van der Waals surface area contributed by atoms with Crippen molar-refractivity contribution >= 4 is 29.3 Å². The first-order chi connectivity index (χ1) is 16.8. The predicted octanol–water partition coefficient (Wildman–Crippen LogP) is 5.46. The van der Waals surface area contributed by atoms with Gasteiger partial charge in [0.15, 0.2) is 0 Å². The Morgan fingerprint density at radius 1 is 1.06 bits per heavy atom. The molecule has 1 aromatic heterocycles. The van der Waals surface area contributed by atoms with Gasteiger partial charge < -0.3 is 10.0 Å². The quantitative estimate of drug-likeness (QED) is 0.257. The lowest BCUT2D eigenvalue weighted by Crippen LogP contribution is -2.38. The van der Waals surface area contributed by atoms with E-state index in [4.69, 9.17) is 0 Å². The highest BCUT2D eigenvalue weighted by atomic mass is 32.2. The van der Waals surface area contributed by atoms with Gasteiger partial charge in [0.05, 0.1) is 0 Å². The molecule has 1 aromatic carbocycles. The largest absolute Gasteiger partial charge is 0.480 e. The van der Waals surface area contributed by atoms with Crippen molar-refractivity contribution in [2.75, 3.05) is 11.4 Å². The molecule has 1 atom stereocenters. The SMILES string of the molecule is CCCCCCCN(C(=O)Cn1c(CC)nc(C)cc1=O)c1ccc(SC(CCC)C(=O)O)cc1. The van der Waals surface area contributed by atoms with Gasteiger partial charge in [0.1, 0.15) is 17.6 Å². The number of rotatable bonds is 15. The molecule has 192 valence electrons. The third-order valence-electron chi connectivity index (χ3n) is 5.86. The third-order valence-corrected chi connectivity index (χ3v) is 7.13. The molecule has 2 aromatic rings. The summed E-state index contributed by atoms with van der Waals surface area (Å²) in [6, 6.07) is 8.95. The highest BCUT2D eigenvalue weighted by Gasteiger charge is 2.20. The Bertz CT molecular complexity index is 1020. The Morgan fingerprint density at radius 3 is 2.34 bits per heavy atom. The van der Waals surface area contributed by atoms with E-state index in [2.05, 4.69) is 11.9 Å². The number of carboxylic acid groups (broad SMARTS) is 1. The molecule has 0 radical (unpaired) electrons. The minimum atomic E-state index is -0.811. The second-order valence-electron chi connectivity index (χ2n) is 8.78. The van der Waals surface area contributed by atoms with Crippen LogP contribution < -0.4 is 10.5 Å². The zero-order chi connectivity index (χ0) is 25.8. The van der Waals surface area contributed by atoms with Crippen molar-refractivity contribution in [2.45, 2.75) is 95.8 Å². The van der Waals surface area contributed by atoms with Gasteiger partial charge in [0, 0.05) is 35.3 Å². The van der Waals surface area contributed by atoms with Gasteiger partial charge in [-0.05, 0) is 44.0 Å². The molecule has 0 bridgehead atoms. The van der Waals surface area contributed by atoms with Crippen LogP contribution in [0.4, 0.5) is 5.69 Å². The Kier molecular flexibility index (Phi) is 12.0. The molecule has 1 amide bonds. The van der Waals surface area contributed by atoms with E-state index in [0.717, 1.165) is 42.7 Å². The van der Waals surface area contributed by atoms with Crippen molar-refractivity contribution in [1.29, 1.82) is 0 Å². The van der Waals surface area contributed by atoms with Crippen LogP contribution >= 0.6 is 11.8 Å². The highest BCUT2D eigenvalue weighted by Crippen LogP contribution is 2.29. The van der Waals surface area contributed by atoms with Crippen molar-refractivity contribution < 1.29 is 14.7 Å². The third kappa shape index (κ3) is 8.84. The maximum Gasteiger partial charge on any atom is 0.316 e. The lowest BCUT2D eigenvalue weighted by Gasteiger charge is -2.24. The molecule has 2 rings (SSSR count). The van der Waals surface area contributed by atoms with E-state index in [1.165, 1.54) is 28.8 Å². The van der Waals surface area contributed by atoms with E-state index in [1.54, 1.807) is 11.8 Å². The van der Waals surface area contributed by atoms with E-state index < -0.39 is 11.2 Å². The van der Waals surface area contributed by atoms with Crippen LogP contribution in [0.25, 0.3) is 0 Å². The van der Waals surface area contributed by atoms with Crippen LogP contribution in [0.5, 0.6) is 0 Å². The number of aliphatic carboxylic acids is 1. The first kappa shape index (κ1) is 28.6. The monoisotopic (exact) mass is 501 g/mol. The number of carbonyl (C=O) groups excluding carboxylic acids is 1. The van der Waals surface area contributed by atoms with Gasteiger partial charge in [-0.3, -0.25) is 19.0 Å². The number of unbranched alkanes of at least 4 members (excludes halogenated alkanes) is 4. The minimum absolute atomic E-state index is 0.0572. The summed E-state index contributed by atoms with van der Waals surface area (Å²) >= 11 is 1.33. The number of thioether (sulfide) groups is 1. The molecule has 1 N–H and O–H groups in total. The molecule has 1 unspecified atom stereocenters. The van der Waals surface area contributed by atoms with Gasteiger partial charge in [-0.2, -0.15) is 0 Å². The molecule has 0 aliphatic carbocycles. The predicted molar refractivity (Wildman–Crippen MR) is 142 cm³/mol. The highest BCUT2D eigenvalue weighted by molar-refractivity contribution is 8.00. The van der Waals surface area contributed by atoms with E-state index in [1.807, 2.05) is 38.1 Å². The molecule has 35 heavy (non-hydrogen) atoms. The van der Waals surface area contributed by atoms with Crippen LogP contribution in [0, 0.1) is 6.92 Å². The Hall–Kier alpha value is -2.61. The number of anilines is 1. The zero-order valence-electron chi connectivity index (χ0n) is 21.5. The maximum absolute atomic E-state index is 13.4. The van der Waals surface area contributed by atoms with Gasteiger partial charge in [0.2, 0.25) is 5.91 Å². The molecule has 0 fully saturated rings. The summed E-state index contributed by atoms with van der Waals surface area (Å²) in [7, 11) is 0. The summed E-state index contributed by atoms with van der Waals surface area (Å²) in [5.41, 5.74) is 1.19. The van der Waals surface area contributed by atoms with Gasteiger partial charge in [-0.15, -0.1) is 11.8 Å². The average Bonchev–Trinajstić information content (AvgIpc) is 2.83. The maximum atomic E-state index is 13.4. The number of benzene rings is 1. The lowest BCUT2D eigenvalue weighted by molar-refractivity contribution is -0.136. The Labute approximate surface area is 213 Å². The summed E-state index contributed by atoms with van der Waals surface area (Å²) in [5, 5.41) is 8.97. The number of amides is 1. The number of hydrogen-bond acceptors (Lipinski definition) is 5. The summed E-state index contributed by atoms with van der Waals surface area (Å²) in [6.45, 7) is 8.36. The van der Waals surface area contributed by atoms with Crippen molar-refractivity contribution in [3.05, 3.63) is 52.2 Å². The molecule has 8 heteroatoms. The molecule has 0 spiro atoms. The molecule has 1 heterocycles. The van der Waals surface area contributed by atoms with Crippen LogP contribution in [0.15, 0.2) is 40.0 Å². The molecular formula is C27H39N3O4S. The van der Waals surface area contributed by atoms with Gasteiger partial charge in [-0.1, -0.05) is 52.9 Å². The first-order valence-corrected chi connectivity index (χ1v) is 13.6. The van der Waals surface area contributed by atoms with E-state index >= 15 is 0 Å². The van der Waals surface area contributed by atoms with Gasteiger partial charge >= 0.3 is 5.97 Å². The second-order valence-corrected chi connectivity index (χ2v) is 10.1. The zero-order valence-corrected chi connectivity index (χ0v) is 22.3. The molecular weight excluding hydrogens is 462 g/mol. The van der Waals surface area contributed by atoms with Gasteiger partial charge in [-0.25, -0.2) is 4.98 Å². The second kappa shape index (κ2) is 14.7. The topological polar surface area (TPSA) is 92.5 Å². The van der Waals surface area contributed by atoms with Gasteiger partial charge in [0.25, 0.3) is 5.56 Å². The lowest BCUT2D eigenvalue weighted by atomic mass is 10.1. The van der Waals surface area contributed by atoms with Crippen molar-refractivity contribution in [1.82, 2.24) is 9.55 Å². The number of aromatic nitrogens is 2. The molecule has 7 nitrogen and oxygen atoms in total. The first-order valence-electron chi connectivity index (χ1n) is 12.7. The Balaban J connectivity index is 2.24. The van der Waals surface area contributed by atoms with Crippen molar-refractivity contribution in [2.24, 2.45) is 0 Å². The summed E-state index contributed by atoms with van der Waals surface area (Å²) in [5.74, 6) is -0.361. The number of hydrogen-bond donors (Lipinski definition) is 1. The molecule has 0 saturated heterocycles. The van der Waals surface area contributed by atoms with E-state index in [0.29, 0.717) is 30.9 Å². The molecule has 0 aliphatic heterocycles. The smallest absolute Gasteiger partial charge is 0.316 e. The molecule has 0 saturated carbocycles. The van der Waals surface area contributed by atoms with E-state index in [9.17, 15) is 19.5 Å². The number of carboxylic acids is 1. The Morgan fingerprint density at radius 2 is 1.74 bits per heavy atom. The van der Waals surface area contributed by atoms with Crippen LogP contribution in [-0.4, -0.2) is 38.3 Å². The molecule has 0 aliphatic rings. The van der Waals surface area contributed by atoms with Crippen LogP contribution in [0.3, 0.4) is 0 Å². The number of nitrogens with zero attached hydrogens (tertiary/aromatic N) is 3. The fourth-order valence-corrected chi connectivity index (χ4v) is 5.05. The number of carbonyl (C=O) groups is 2. The van der Waals surface area contributed by atoms with Crippen LogP contribution in [0.1, 0.15) is 77.2 Å². The normalized spacial score (nSPS) is 11.9. The summed E-state index contributed by atoms with van der Waals surface area (Å²) < 4.78 is 1.46. The fraction of sp³-hybridized carbons (Fsp3) is 0.556. The standard InChI is InChI=1S/C27H39N3O4S/c1-5-8-9-10-11-17-29(26(32)19-30-24(7-3)28-20(4)18-25(30)31)21-13-15-22(16-14-21)35-23(12-6-2)27(33)34/h13-16,18,23H,5-12,17,19H2,1-4H3,(H,33,34). The van der Waals surface area contributed by atoms with Crippen LogP contribution in [-0.2, 0) is 22.6 Å². The van der Waals surface area contributed by atoms with Crippen molar-refractivity contribution in [3.63, 3.8) is 0 Å². The number of aryl methyl sites for hydroxylation is 2. The minimum Gasteiger partial charge on any atom is -0.480 e. The van der Waals surface area contributed by atoms with Crippen molar-refractivity contribution in [3.8, 4) is 0 Å². The summed E-state index contributed by atoms with van der Waals surface area (Å²) in [6.07, 6.45) is 7.33.